The molecule has 0 bridgehead atoms. The van der Waals surface area contributed by atoms with E-state index < -0.39 is 18.0 Å². The number of anilines is 1. The Morgan fingerprint density at radius 2 is 2.19 bits per heavy atom. The van der Waals surface area contributed by atoms with Crippen molar-refractivity contribution in [2.75, 3.05) is 18.4 Å². The van der Waals surface area contributed by atoms with Crippen LogP contribution in [0.4, 0.5) is 18.3 Å². The minimum atomic E-state index is -4.53. The highest BCUT2D eigenvalue weighted by molar-refractivity contribution is 7.09. The number of likely N-dealkylation sites (N-methyl/N-ethyl adjacent to an activating group) is 1. The van der Waals surface area contributed by atoms with Crippen LogP contribution in [-0.4, -0.2) is 50.5 Å². The minimum absolute atomic E-state index is 0.00637. The maximum absolute atomic E-state index is 12.4. The molecule has 0 radical (unpaired) electrons. The van der Waals surface area contributed by atoms with E-state index in [1.165, 1.54) is 0 Å². The number of alkyl halides is 3. The molecule has 1 fully saturated rings. The number of rotatable bonds is 6. The van der Waals surface area contributed by atoms with Crippen LogP contribution in [0.25, 0.3) is 0 Å². The van der Waals surface area contributed by atoms with Crippen molar-refractivity contribution in [3.63, 3.8) is 0 Å². The summed E-state index contributed by atoms with van der Waals surface area (Å²) in [5, 5.41) is 11.8. The summed E-state index contributed by atoms with van der Waals surface area (Å²) in [7, 11) is 0. The zero-order valence-electron chi connectivity index (χ0n) is 11.2. The van der Waals surface area contributed by atoms with Crippen LogP contribution < -0.4 is 5.32 Å². The van der Waals surface area contributed by atoms with E-state index in [1.54, 1.807) is 0 Å². The van der Waals surface area contributed by atoms with E-state index in [0.717, 1.165) is 0 Å². The van der Waals surface area contributed by atoms with Crippen LogP contribution in [0.2, 0.25) is 0 Å². The van der Waals surface area contributed by atoms with Crippen LogP contribution in [0.1, 0.15) is 25.6 Å². The second kappa shape index (κ2) is 6.14. The first-order valence-electron chi connectivity index (χ1n) is 6.43. The van der Waals surface area contributed by atoms with E-state index in [4.69, 9.17) is 5.11 Å². The van der Waals surface area contributed by atoms with Gasteiger partial charge in [-0.05, 0) is 19.4 Å². The topological polar surface area (TPSA) is 78.4 Å². The van der Waals surface area contributed by atoms with Crippen molar-refractivity contribution in [2.45, 2.75) is 38.0 Å². The van der Waals surface area contributed by atoms with Crippen molar-refractivity contribution < 1.29 is 23.1 Å². The first kappa shape index (κ1) is 16.0. The predicted molar refractivity (Wildman–Crippen MR) is 70.2 cm³/mol. The molecule has 0 aromatic carbocycles. The molecule has 1 aliphatic rings. The second-order valence-electron chi connectivity index (χ2n) is 4.84. The van der Waals surface area contributed by atoms with Gasteiger partial charge in [0.25, 0.3) is 0 Å². The maximum atomic E-state index is 12.4. The molecule has 118 valence electrons. The van der Waals surface area contributed by atoms with Gasteiger partial charge >= 0.3 is 12.1 Å². The van der Waals surface area contributed by atoms with Gasteiger partial charge in [-0.1, -0.05) is 6.92 Å². The van der Waals surface area contributed by atoms with Crippen LogP contribution in [-0.2, 0) is 11.0 Å². The molecule has 1 aliphatic carbocycles. The predicted octanol–water partition coefficient (Wildman–Crippen LogP) is 1.91. The molecule has 1 heterocycles. The molecule has 1 aromatic heterocycles. The van der Waals surface area contributed by atoms with Crippen LogP contribution >= 0.6 is 11.5 Å². The molecule has 21 heavy (non-hydrogen) atoms. The summed E-state index contributed by atoms with van der Waals surface area (Å²) in [6.07, 6.45) is -3.16. The van der Waals surface area contributed by atoms with Gasteiger partial charge in [0, 0.05) is 23.6 Å². The lowest BCUT2D eigenvalue weighted by Crippen LogP contribution is -2.51. The molecule has 0 atom stereocenters. The maximum Gasteiger partial charge on any atom is 0.452 e. The molecule has 10 heteroatoms. The van der Waals surface area contributed by atoms with Gasteiger partial charge in [0.05, 0.1) is 6.54 Å². The zero-order chi connectivity index (χ0) is 15.6. The number of hydrogen-bond donors (Lipinski definition) is 2. The highest BCUT2D eigenvalue weighted by Gasteiger charge is 2.37. The number of aromatic nitrogens is 2. The first-order chi connectivity index (χ1) is 9.79. The Hall–Kier alpha value is -1.42. The van der Waals surface area contributed by atoms with Crippen molar-refractivity contribution >= 4 is 22.6 Å². The van der Waals surface area contributed by atoms with E-state index in [1.807, 2.05) is 11.8 Å². The summed E-state index contributed by atoms with van der Waals surface area (Å²) in [6.45, 7) is 2.48. The SMILES string of the molecule is CCN(CC(=O)O)C1CC(Nc2nc(C(F)(F)F)ns2)C1. The van der Waals surface area contributed by atoms with E-state index in [2.05, 4.69) is 14.7 Å². The van der Waals surface area contributed by atoms with Crippen molar-refractivity contribution in [3.8, 4) is 0 Å². The molecule has 0 unspecified atom stereocenters. The summed E-state index contributed by atoms with van der Waals surface area (Å²) in [6, 6.07) is 0.144. The van der Waals surface area contributed by atoms with Crippen LogP contribution in [0.15, 0.2) is 0 Å². The van der Waals surface area contributed by atoms with Gasteiger partial charge < -0.3 is 10.4 Å². The van der Waals surface area contributed by atoms with Gasteiger partial charge in [-0.3, -0.25) is 9.69 Å². The van der Waals surface area contributed by atoms with Crippen LogP contribution in [0.3, 0.4) is 0 Å². The Kier molecular flexibility index (Phi) is 4.67. The molecule has 0 spiro atoms. The Bertz CT molecular complexity index is 502. The fraction of sp³-hybridized carbons (Fsp3) is 0.727. The number of carbonyl (C=O) groups is 1. The monoisotopic (exact) mass is 324 g/mol. The Labute approximate surface area is 123 Å². The quantitative estimate of drug-likeness (QED) is 0.832. The van der Waals surface area contributed by atoms with Gasteiger partial charge in [-0.2, -0.15) is 22.5 Å². The molecular formula is C11H15F3N4O2S. The van der Waals surface area contributed by atoms with E-state index >= 15 is 0 Å². The molecule has 6 nitrogen and oxygen atoms in total. The van der Waals surface area contributed by atoms with Gasteiger partial charge in [-0.25, -0.2) is 0 Å². The molecule has 1 aromatic rings. The summed E-state index contributed by atoms with van der Waals surface area (Å²) < 4.78 is 40.3. The van der Waals surface area contributed by atoms with Gasteiger partial charge in [0.1, 0.15) is 0 Å². The summed E-state index contributed by atoms with van der Waals surface area (Å²) >= 11 is 0.680. The Morgan fingerprint density at radius 3 is 2.67 bits per heavy atom. The Morgan fingerprint density at radius 1 is 1.52 bits per heavy atom. The number of hydrogen-bond acceptors (Lipinski definition) is 6. The smallest absolute Gasteiger partial charge is 0.452 e. The lowest BCUT2D eigenvalue weighted by Gasteiger charge is -2.42. The standard InChI is InChI=1S/C11H15F3N4O2S/c1-2-18(5-8(19)20)7-3-6(4-7)15-10-16-9(17-21-10)11(12,13)14/h6-7H,2-5H2,1H3,(H,19,20)(H,15,16,17). The molecule has 2 rings (SSSR count). The molecular weight excluding hydrogens is 309 g/mol. The van der Waals surface area contributed by atoms with E-state index in [0.29, 0.717) is 30.9 Å². The molecule has 2 N–H and O–H groups in total. The van der Waals surface area contributed by atoms with Gasteiger partial charge in [0.2, 0.25) is 11.0 Å². The first-order valence-corrected chi connectivity index (χ1v) is 7.20. The zero-order valence-corrected chi connectivity index (χ0v) is 12.0. The second-order valence-corrected chi connectivity index (χ2v) is 5.60. The third-order valence-corrected chi connectivity index (χ3v) is 4.03. The molecule has 0 saturated heterocycles. The highest BCUT2D eigenvalue weighted by atomic mass is 32.1. The lowest BCUT2D eigenvalue weighted by atomic mass is 9.85. The third kappa shape index (κ3) is 4.03. The lowest BCUT2D eigenvalue weighted by molar-refractivity contribution is -0.144. The normalized spacial score (nSPS) is 22.1. The fourth-order valence-corrected chi connectivity index (χ4v) is 2.91. The molecule has 0 amide bonds. The number of nitrogens with one attached hydrogen (secondary N) is 1. The summed E-state index contributed by atoms with van der Waals surface area (Å²) in [5.41, 5.74) is 0. The van der Waals surface area contributed by atoms with Crippen molar-refractivity contribution in [2.24, 2.45) is 0 Å². The van der Waals surface area contributed by atoms with Crippen molar-refractivity contribution in [1.82, 2.24) is 14.3 Å². The molecule has 0 aliphatic heterocycles. The minimum Gasteiger partial charge on any atom is -0.480 e. The van der Waals surface area contributed by atoms with Crippen molar-refractivity contribution in [1.29, 1.82) is 0 Å². The van der Waals surface area contributed by atoms with E-state index in [9.17, 15) is 18.0 Å². The summed E-state index contributed by atoms with van der Waals surface area (Å²) in [4.78, 5) is 15.9. The molecule has 1 saturated carbocycles. The third-order valence-electron chi connectivity index (χ3n) is 3.38. The largest absolute Gasteiger partial charge is 0.480 e. The average molecular weight is 324 g/mol. The number of halogens is 3. The van der Waals surface area contributed by atoms with Crippen molar-refractivity contribution in [3.05, 3.63) is 5.82 Å². The Balaban J connectivity index is 1.82. The number of carboxylic acid groups (broad SMARTS) is 1. The van der Waals surface area contributed by atoms with Gasteiger partial charge in [-0.15, -0.1) is 0 Å². The van der Waals surface area contributed by atoms with Gasteiger partial charge in [0.15, 0.2) is 0 Å². The number of nitrogens with zero attached hydrogens (tertiary/aromatic N) is 3. The fourth-order valence-electron chi connectivity index (χ4n) is 2.25. The number of aliphatic carboxylic acids is 1. The summed E-state index contributed by atoms with van der Waals surface area (Å²) in [5.74, 6) is -2.01. The van der Waals surface area contributed by atoms with Crippen LogP contribution in [0.5, 0.6) is 0 Å². The number of carboxylic acids is 1. The highest BCUT2D eigenvalue weighted by Crippen LogP contribution is 2.32. The van der Waals surface area contributed by atoms with Crippen LogP contribution in [0, 0.1) is 0 Å². The van der Waals surface area contributed by atoms with E-state index in [-0.39, 0.29) is 23.8 Å². The average Bonchev–Trinajstić information content (AvgIpc) is 2.78.